The van der Waals surface area contributed by atoms with Crippen LogP contribution in [0.1, 0.15) is 11.1 Å². The fourth-order valence-corrected chi connectivity index (χ4v) is 4.07. The van der Waals surface area contributed by atoms with Crippen LogP contribution in [0.2, 0.25) is 5.02 Å². The molecule has 1 aromatic heterocycles. The highest BCUT2D eigenvalue weighted by Crippen LogP contribution is 2.15. The smallest absolute Gasteiger partial charge is 0.295 e. The van der Waals surface area contributed by atoms with Crippen molar-refractivity contribution in [2.75, 3.05) is 32.7 Å². The standard InChI is InChI=1S/C22H24ClN5O/c23-20-7-3-1-5-17(20)15-27-9-11-28(12-10-27)16-22(29)26-25-14-18-13-24-21-8-4-2-6-19(18)21/h1-8,13-14,24H,9-12,15-16H2,(H,26,29)/p+2/b25-14+. The van der Waals surface area contributed by atoms with E-state index < -0.39 is 0 Å². The summed E-state index contributed by atoms with van der Waals surface area (Å²) in [5.41, 5.74) is 5.87. The first-order chi connectivity index (χ1) is 14.2. The number of H-pyrrole nitrogens is 1. The number of hydrogen-bond donors (Lipinski definition) is 4. The minimum absolute atomic E-state index is 0.0503. The summed E-state index contributed by atoms with van der Waals surface area (Å²) in [5, 5.41) is 6.06. The highest BCUT2D eigenvalue weighted by Gasteiger charge is 2.25. The van der Waals surface area contributed by atoms with Gasteiger partial charge in [-0.1, -0.05) is 48.0 Å². The number of para-hydroxylation sites is 1. The van der Waals surface area contributed by atoms with Gasteiger partial charge in [0.2, 0.25) is 0 Å². The molecule has 0 saturated carbocycles. The van der Waals surface area contributed by atoms with E-state index in [1.807, 2.05) is 48.7 Å². The van der Waals surface area contributed by atoms with Crippen LogP contribution in [0.15, 0.2) is 59.8 Å². The summed E-state index contributed by atoms with van der Waals surface area (Å²) in [7, 11) is 0. The van der Waals surface area contributed by atoms with Crippen LogP contribution in [-0.4, -0.2) is 49.8 Å². The van der Waals surface area contributed by atoms with E-state index in [-0.39, 0.29) is 5.91 Å². The Morgan fingerprint density at radius 2 is 1.79 bits per heavy atom. The monoisotopic (exact) mass is 411 g/mol. The summed E-state index contributed by atoms with van der Waals surface area (Å²) in [6, 6.07) is 16.0. The zero-order valence-corrected chi connectivity index (χ0v) is 17.0. The van der Waals surface area contributed by atoms with Crippen LogP contribution in [0.25, 0.3) is 10.9 Å². The molecule has 2 aromatic carbocycles. The Morgan fingerprint density at radius 3 is 2.62 bits per heavy atom. The molecule has 1 aliphatic heterocycles. The van der Waals surface area contributed by atoms with Crippen molar-refractivity contribution in [1.29, 1.82) is 0 Å². The molecule has 4 N–H and O–H groups in total. The molecule has 0 radical (unpaired) electrons. The summed E-state index contributed by atoms with van der Waals surface area (Å²) in [6.45, 7) is 5.40. The number of hydrogen-bond acceptors (Lipinski definition) is 2. The Labute approximate surface area is 175 Å². The van der Waals surface area contributed by atoms with Crippen molar-refractivity contribution in [2.45, 2.75) is 6.54 Å². The van der Waals surface area contributed by atoms with Gasteiger partial charge in [0.05, 0.1) is 6.21 Å². The maximum Gasteiger partial charge on any atom is 0.295 e. The molecular weight excluding hydrogens is 386 g/mol. The van der Waals surface area contributed by atoms with Gasteiger partial charge in [0.15, 0.2) is 6.54 Å². The van der Waals surface area contributed by atoms with Crippen LogP contribution in [0.5, 0.6) is 0 Å². The third kappa shape index (κ3) is 5.03. The van der Waals surface area contributed by atoms with Gasteiger partial charge in [-0.05, 0) is 12.1 Å². The van der Waals surface area contributed by atoms with Crippen molar-refractivity contribution in [2.24, 2.45) is 5.10 Å². The number of carbonyl (C=O) groups excluding carboxylic acids is 1. The van der Waals surface area contributed by atoms with Gasteiger partial charge < -0.3 is 14.8 Å². The molecule has 3 aromatic rings. The molecule has 0 atom stereocenters. The first-order valence-electron chi connectivity index (χ1n) is 9.97. The number of fused-ring (bicyclic) bond motifs is 1. The Bertz CT molecular complexity index is 1010. The molecule has 1 saturated heterocycles. The molecule has 0 bridgehead atoms. The average Bonchev–Trinajstić information content (AvgIpc) is 3.14. The van der Waals surface area contributed by atoms with Crippen LogP contribution in [0.3, 0.4) is 0 Å². The largest absolute Gasteiger partial charge is 0.361 e. The zero-order chi connectivity index (χ0) is 20.1. The van der Waals surface area contributed by atoms with Crippen LogP contribution < -0.4 is 15.2 Å². The molecule has 1 fully saturated rings. The predicted molar refractivity (Wildman–Crippen MR) is 115 cm³/mol. The highest BCUT2D eigenvalue weighted by molar-refractivity contribution is 6.31. The summed E-state index contributed by atoms with van der Waals surface area (Å²) < 4.78 is 0. The molecule has 6 nitrogen and oxygen atoms in total. The number of hydrazone groups is 1. The van der Waals surface area contributed by atoms with Gasteiger partial charge >= 0.3 is 0 Å². The molecule has 0 unspecified atom stereocenters. The van der Waals surface area contributed by atoms with E-state index in [1.54, 1.807) is 6.21 Å². The Kier molecular flexibility index (Phi) is 6.24. The molecule has 2 heterocycles. The maximum absolute atomic E-state index is 12.2. The second-order valence-corrected chi connectivity index (χ2v) is 7.93. The first kappa shape index (κ1) is 19.6. The topological polar surface area (TPSA) is 66.1 Å². The van der Waals surface area contributed by atoms with Crippen LogP contribution in [-0.2, 0) is 11.3 Å². The van der Waals surface area contributed by atoms with Crippen molar-refractivity contribution < 1.29 is 14.6 Å². The molecule has 0 spiro atoms. The van der Waals surface area contributed by atoms with E-state index in [9.17, 15) is 4.79 Å². The van der Waals surface area contributed by atoms with Crippen molar-refractivity contribution in [3.63, 3.8) is 0 Å². The van der Waals surface area contributed by atoms with E-state index in [4.69, 9.17) is 11.6 Å². The maximum atomic E-state index is 12.2. The lowest BCUT2D eigenvalue weighted by Crippen LogP contribution is -3.28. The zero-order valence-electron chi connectivity index (χ0n) is 16.2. The van der Waals surface area contributed by atoms with Gasteiger partial charge in [0.1, 0.15) is 32.7 Å². The van der Waals surface area contributed by atoms with Crippen LogP contribution in [0, 0.1) is 0 Å². The molecule has 29 heavy (non-hydrogen) atoms. The van der Waals surface area contributed by atoms with Gasteiger partial charge in [-0.25, -0.2) is 5.43 Å². The second-order valence-electron chi connectivity index (χ2n) is 7.53. The number of nitrogens with one attached hydrogen (secondary N) is 4. The number of benzene rings is 2. The molecular formula is C22H26ClN5O+2. The minimum atomic E-state index is -0.0503. The number of carbonyl (C=O) groups is 1. The van der Waals surface area contributed by atoms with Crippen LogP contribution in [0.4, 0.5) is 0 Å². The van der Waals surface area contributed by atoms with Crippen LogP contribution >= 0.6 is 11.6 Å². The van der Waals surface area contributed by atoms with E-state index >= 15 is 0 Å². The summed E-state index contributed by atoms with van der Waals surface area (Å²) in [6.07, 6.45) is 3.59. The van der Waals surface area contributed by atoms with Crippen molar-refractivity contribution in [1.82, 2.24) is 10.4 Å². The second kappa shape index (κ2) is 9.22. The minimum Gasteiger partial charge on any atom is -0.361 e. The first-order valence-corrected chi connectivity index (χ1v) is 10.4. The Morgan fingerprint density at radius 1 is 1.07 bits per heavy atom. The van der Waals surface area contributed by atoms with Gasteiger partial charge in [-0.15, -0.1) is 0 Å². The fraction of sp³-hybridized carbons (Fsp3) is 0.273. The quantitative estimate of drug-likeness (QED) is 0.341. The van der Waals surface area contributed by atoms with Gasteiger partial charge in [-0.3, -0.25) is 4.79 Å². The van der Waals surface area contributed by atoms with E-state index in [2.05, 4.69) is 21.6 Å². The van der Waals surface area contributed by atoms with E-state index in [0.717, 1.165) is 54.2 Å². The van der Waals surface area contributed by atoms with E-state index in [1.165, 1.54) is 15.4 Å². The number of halogens is 1. The summed E-state index contributed by atoms with van der Waals surface area (Å²) >= 11 is 6.27. The molecule has 1 aliphatic rings. The summed E-state index contributed by atoms with van der Waals surface area (Å²) in [4.78, 5) is 18.3. The number of aromatic amines is 1. The Hall–Kier alpha value is -2.67. The average molecular weight is 412 g/mol. The lowest BCUT2D eigenvalue weighted by atomic mass is 10.2. The molecule has 7 heteroatoms. The fourth-order valence-electron chi connectivity index (χ4n) is 3.86. The highest BCUT2D eigenvalue weighted by atomic mass is 35.5. The SMILES string of the molecule is O=C(C[NH+]1CC[NH+](Cc2ccccc2Cl)CC1)N/N=C/c1c[nH]c2ccccc12. The number of quaternary nitrogens is 2. The lowest BCUT2D eigenvalue weighted by Gasteiger charge is -2.29. The number of piperazine rings is 1. The van der Waals surface area contributed by atoms with Crippen molar-refractivity contribution in [3.8, 4) is 0 Å². The number of nitrogens with zero attached hydrogens (tertiary/aromatic N) is 1. The van der Waals surface area contributed by atoms with Crippen molar-refractivity contribution in [3.05, 3.63) is 70.9 Å². The molecule has 4 rings (SSSR count). The van der Waals surface area contributed by atoms with Crippen molar-refractivity contribution >= 4 is 34.6 Å². The number of amides is 1. The lowest BCUT2D eigenvalue weighted by molar-refractivity contribution is -1.02. The molecule has 1 amide bonds. The normalized spacial score (nSPS) is 19.6. The van der Waals surface area contributed by atoms with E-state index in [0.29, 0.717) is 6.54 Å². The molecule has 0 aliphatic carbocycles. The Balaban J connectivity index is 1.22. The number of aromatic nitrogens is 1. The number of rotatable bonds is 6. The van der Waals surface area contributed by atoms with Gasteiger partial charge in [-0.2, -0.15) is 5.10 Å². The van der Waals surface area contributed by atoms with Gasteiger partial charge in [0, 0.05) is 33.2 Å². The molecule has 150 valence electrons. The third-order valence-corrected chi connectivity index (χ3v) is 5.86. The predicted octanol–water partition coefficient (Wildman–Crippen LogP) is 0.255. The third-order valence-electron chi connectivity index (χ3n) is 5.49. The van der Waals surface area contributed by atoms with Gasteiger partial charge in [0.25, 0.3) is 5.91 Å². The summed E-state index contributed by atoms with van der Waals surface area (Å²) in [5.74, 6) is -0.0503.